The zero-order chi connectivity index (χ0) is 15.4. The molecular weight excluding hydrogens is 276 g/mol. The lowest BCUT2D eigenvalue weighted by molar-refractivity contribution is -0.121. The van der Waals surface area contributed by atoms with E-state index in [-0.39, 0.29) is 22.9 Å². The van der Waals surface area contributed by atoms with Gasteiger partial charge in [0.15, 0.2) is 0 Å². The van der Waals surface area contributed by atoms with E-state index in [0.717, 1.165) is 12.8 Å². The van der Waals surface area contributed by atoms with Crippen molar-refractivity contribution in [1.29, 1.82) is 0 Å². The Hall–Kier alpha value is -1.46. The van der Waals surface area contributed by atoms with Crippen molar-refractivity contribution >= 4 is 5.91 Å². The van der Waals surface area contributed by atoms with Gasteiger partial charge in [-0.15, -0.1) is 0 Å². The molecule has 2 heterocycles. The van der Waals surface area contributed by atoms with Crippen LogP contribution in [0.4, 0.5) is 8.78 Å². The summed E-state index contributed by atoms with van der Waals surface area (Å²) in [6.07, 6.45) is 2.19. The Morgan fingerprint density at radius 1 is 1.43 bits per heavy atom. The number of carbonyl (C=O) groups is 1. The third kappa shape index (κ3) is 2.07. The number of hydrogen-bond acceptors (Lipinski definition) is 2. The van der Waals surface area contributed by atoms with Gasteiger partial charge in [0.25, 0.3) is 12.3 Å². The molecule has 2 aliphatic rings. The number of alkyl halides is 2. The molecule has 3 rings (SSSR count). The standard InChI is InChI=1S/C15H21F2N3O/c1-9(2)12-15(5-4-6-15)8-20(12)14(21)10-7-19(3)18-11(10)13(16)17/h7,9,12-13H,4-6,8H2,1-3H3. The lowest BCUT2D eigenvalue weighted by Crippen LogP contribution is -2.70. The summed E-state index contributed by atoms with van der Waals surface area (Å²) in [6, 6.07) is 0.171. The molecule has 1 unspecified atom stereocenters. The van der Waals surface area contributed by atoms with Gasteiger partial charge in [0, 0.05) is 31.2 Å². The van der Waals surface area contributed by atoms with Crippen LogP contribution < -0.4 is 0 Å². The van der Waals surface area contributed by atoms with Crippen molar-refractivity contribution < 1.29 is 13.6 Å². The topological polar surface area (TPSA) is 38.1 Å². The van der Waals surface area contributed by atoms with E-state index >= 15 is 0 Å². The van der Waals surface area contributed by atoms with E-state index in [2.05, 4.69) is 18.9 Å². The number of halogens is 2. The minimum atomic E-state index is -2.72. The molecule has 2 fully saturated rings. The minimum absolute atomic E-state index is 0.0484. The first-order valence-electron chi connectivity index (χ1n) is 7.48. The Balaban J connectivity index is 1.86. The normalized spacial score (nSPS) is 23.6. The van der Waals surface area contributed by atoms with E-state index in [1.54, 1.807) is 11.9 Å². The lowest BCUT2D eigenvalue weighted by atomic mass is 9.55. The fourth-order valence-corrected chi connectivity index (χ4v) is 4.09. The number of rotatable bonds is 3. The average Bonchev–Trinajstić information content (AvgIpc) is 2.67. The molecule has 0 radical (unpaired) electrons. The maximum absolute atomic E-state index is 13.0. The Labute approximate surface area is 123 Å². The zero-order valence-electron chi connectivity index (χ0n) is 12.6. The number of aryl methyl sites for hydroxylation is 1. The van der Waals surface area contributed by atoms with Crippen LogP contribution in [0.3, 0.4) is 0 Å². The van der Waals surface area contributed by atoms with Crippen molar-refractivity contribution in [2.45, 2.75) is 45.6 Å². The molecule has 1 amide bonds. The molecule has 0 aromatic carbocycles. The van der Waals surface area contributed by atoms with E-state index in [4.69, 9.17) is 0 Å². The monoisotopic (exact) mass is 297 g/mol. The summed E-state index contributed by atoms with van der Waals surface area (Å²) in [7, 11) is 1.56. The van der Waals surface area contributed by atoms with E-state index in [0.29, 0.717) is 12.5 Å². The van der Waals surface area contributed by atoms with Gasteiger partial charge in [0.2, 0.25) is 0 Å². The third-order valence-corrected chi connectivity index (χ3v) is 4.98. The maximum Gasteiger partial charge on any atom is 0.282 e. The maximum atomic E-state index is 13.0. The van der Waals surface area contributed by atoms with Gasteiger partial charge in [-0.1, -0.05) is 20.3 Å². The summed E-state index contributed by atoms with van der Waals surface area (Å²) in [5.74, 6) is 0.0456. The Morgan fingerprint density at radius 2 is 2.10 bits per heavy atom. The van der Waals surface area contributed by atoms with Crippen LogP contribution in [0.1, 0.15) is 55.6 Å². The number of amides is 1. The number of nitrogens with zero attached hydrogens (tertiary/aromatic N) is 3. The highest BCUT2D eigenvalue weighted by Gasteiger charge is 2.58. The Bertz CT molecular complexity index is 563. The van der Waals surface area contributed by atoms with Crippen LogP contribution in [-0.4, -0.2) is 33.2 Å². The second-order valence-electron chi connectivity index (χ2n) is 6.74. The molecular formula is C15H21F2N3O. The fraction of sp³-hybridized carbons (Fsp3) is 0.733. The first-order chi connectivity index (χ1) is 9.85. The van der Waals surface area contributed by atoms with Gasteiger partial charge in [0.1, 0.15) is 5.69 Å². The number of likely N-dealkylation sites (tertiary alicyclic amines) is 1. The average molecular weight is 297 g/mol. The van der Waals surface area contributed by atoms with Crippen molar-refractivity contribution in [3.8, 4) is 0 Å². The van der Waals surface area contributed by atoms with Crippen LogP contribution in [0.25, 0.3) is 0 Å². The van der Waals surface area contributed by atoms with Gasteiger partial charge in [-0.2, -0.15) is 5.10 Å². The summed E-state index contributed by atoms with van der Waals surface area (Å²) < 4.78 is 27.3. The van der Waals surface area contributed by atoms with Gasteiger partial charge in [0.05, 0.1) is 5.56 Å². The SMILES string of the molecule is CC(C)C1N(C(=O)c2cn(C)nc2C(F)F)CC12CCC2. The van der Waals surface area contributed by atoms with Crippen molar-refractivity contribution in [3.63, 3.8) is 0 Å². The van der Waals surface area contributed by atoms with Gasteiger partial charge in [-0.3, -0.25) is 9.48 Å². The Morgan fingerprint density at radius 3 is 2.57 bits per heavy atom. The highest BCUT2D eigenvalue weighted by atomic mass is 19.3. The summed E-state index contributed by atoms with van der Waals surface area (Å²) in [5.41, 5.74) is -0.108. The summed E-state index contributed by atoms with van der Waals surface area (Å²) >= 11 is 0. The van der Waals surface area contributed by atoms with Gasteiger partial charge in [-0.25, -0.2) is 8.78 Å². The van der Waals surface area contributed by atoms with Crippen LogP contribution in [0, 0.1) is 11.3 Å². The minimum Gasteiger partial charge on any atom is -0.334 e. The molecule has 4 nitrogen and oxygen atoms in total. The summed E-state index contributed by atoms with van der Waals surface area (Å²) in [6.45, 7) is 4.90. The Kier molecular flexibility index (Phi) is 3.30. The van der Waals surface area contributed by atoms with Gasteiger partial charge < -0.3 is 4.90 Å². The molecule has 0 N–H and O–H groups in total. The molecule has 6 heteroatoms. The smallest absolute Gasteiger partial charge is 0.282 e. The summed E-state index contributed by atoms with van der Waals surface area (Å²) in [4.78, 5) is 14.4. The number of carbonyl (C=O) groups excluding carboxylic acids is 1. The van der Waals surface area contributed by atoms with Crippen molar-refractivity contribution in [2.24, 2.45) is 18.4 Å². The van der Waals surface area contributed by atoms with Crippen LogP contribution in [0.5, 0.6) is 0 Å². The molecule has 116 valence electrons. The highest BCUT2D eigenvalue weighted by Crippen LogP contribution is 2.55. The molecule has 1 spiro atoms. The molecule has 21 heavy (non-hydrogen) atoms. The predicted octanol–water partition coefficient (Wildman–Crippen LogP) is 3.01. The summed E-state index contributed by atoms with van der Waals surface area (Å²) in [5, 5.41) is 3.73. The predicted molar refractivity (Wildman–Crippen MR) is 74.1 cm³/mol. The van der Waals surface area contributed by atoms with Crippen molar-refractivity contribution in [1.82, 2.24) is 14.7 Å². The van der Waals surface area contributed by atoms with E-state index in [1.807, 2.05) is 0 Å². The van der Waals surface area contributed by atoms with Gasteiger partial charge in [-0.05, 0) is 18.8 Å². The molecule has 1 atom stereocenters. The molecule has 1 aromatic rings. The van der Waals surface area contributed by atoms with Crippen LogP contribution in [0.15, 0.2) is 6.20 Å². The third-order valence-electron chi connectivity index (χ3n) is 4.98. The van der Waals surface area contributed by atoms with Crippen LogP contribution >= 0.6 is 0 Å². The number of hydrogen-bond donors (Lipinski definition) is 0. The molecule has 1 aromatic heterocycles. The molecule has 0 bridgehead atoms. The second kappa shape index (κ2) is 4.78. The van der Waals surface area contributed by atoms with E-state index < -0.39 is 12.1 Å². The molecule has 1 saturated carbocycles. The molecule has 1 aliphatic carbocycles. The quantitative estimate of drug-likeness (QED) is 0.860. The molecule has 1 saturated heterocycles. The van der Waals surface area contributed by atoms with Crippen LogP contribution in [0.2, 0.25) is 0 Å². The highest BCUT2D eigenvalue weighted by molar-refractivity contribution is 5.96. The largest absolute Gasteiger partial charge is 0.334 e. The first-order valence-corrected chi connectivity index (χ1v) is 7.48. The van der Waals surface area contributed by atoms with Crippen molar-refractivity contribution in [3.05, 3.63) is 17.5 Å². The number of aromatic nitrogens is 2. The first kappa shape index (κ1) is 14.5. The van der Waals surface area contributed by atoms with E-state index in [1.165, 1.54) is 17.3 Å². The fourth-order valence-electron chi connectivity index (χ4n) is 4.09. The second-order valence-corrected chi connectivity index (χ2v) is 6.74. The van der Waals surface area contributed by atoms with Crippen LogP contribution in [-0.2, 0) is 7.05 Å². The lowest BCUT2D eigenvalue weighted by Gasteiger charge is -2.64. The van der Waals surface area contributed by atoms with Crippen molar-refractivity contribution in [2.75, 3.05) is 6.54 Å². The van der Waals surface area contributed by atoms with Gasteiger partial charge >= 0.3 is 0 Å². The van der Waals surface area contributed by atoms with E-state index in [9.17, 15) is 13.6 Å². The molecule has 1 aliphatic heterocycles. The zero-order valence-corrected chi connectivity index (χ0v) is 12.6.